The first-order valence-electron chi connectivity index (χ1n) is 9.12. The molecule has 2 atom stereocenters. The van der Waals surface area contributed by atoms with Gasteiger partial charge in [-0.1, -0.05) is 32.9 Å². The second kappa shape index (κ2) is 9.38. The van der Waals surface area contributed by atoms with Crippen LogP contribution in [0.4, 0.5) is 0 Å². The van der Waals surface area contributed by atoms with E-state index >= 15 is 0 Å². The molecule has 1 heterocycles. The van der Waals surface area contributed by atoms with E-state index in [-0.39, 0.29) is 35.7 Å². The SMILES string of the molecule is CC1NCCN(C(=O)CCNC(=O)c2ccc(C(C)(C)C)cc2)C1C.Cl. The first-order chi connectivity index (χ1) is 11.7. The molecule has 2 rings (SSSR count). The number of hydrogen-bond acceptors (Lipinski definition) is 3. The molecule has 2 amide bonds. The average molecular weight is 382 g/mol. The molecule has 1 fully saturated rings. The molecule has 1 aliphatic rings. The monoisotopic (exact) mass is 381 g/mol. The summed E-state index contributed by atoms with van der Waals surface area (Å²) in [5.74, 6) is -0.0285. The molecule has 1 saturated heterocycles. The lowest BCUT2D eigenvalue weighted by molar-refractivity contribution is -0.134. The van der Waals surface area contributed by atoms with E-state index in [2.05, 4.69) is 45.3 Å². The number of carbonyl (C=O) groups is 2. The average Bonchev–Trinajstić information content (AvgIpc) is 2.56. The van der Waals surface area contributed by atoms with Gasteiger partial charge in [0, 0.05) is 43.7 Å². The fraction of sp³-hybridized carbons (Fsp3) is 0.600. The molecule has 6 heteroatoms. The predicted octanol–water partition coefficient (Wildman–Crippen LogP) is 2.73. The van der Waals surface area contributed by atoms with Crippen molar-refractivity contribution >= 4 is 24.2 Å². The van der Waals surface area contributed by atoms with E-state index in [9.17, 15) is 9.59 Å². The van der Waals surface area contributed by atoms with Gasteiger partial charge in [0.15, 0.2) is 0 Å². The first kappa shape index (κ1) is 22.5. The Morgan fingerprint density at radius 1 is 1.19 bits per heavy atom. The van der Waals surface area contributed by atoms with Crippen molar-refractivity contribution in [2.24, 2.45) is 0 Å². The third-order valence-electron chi connectivity index (χ3n) is 4.99. The summed E-state index contributed by atoms with van der Waals surface area (Å²) in [5.41, 5.74) is 1.89. The van der Waals surface area contributed by atoms with Gasteiger partial charge < -0.3 is 15.5 Å². The maximum Gasteiger partial charge on any atom is 0.251 e. The first-order valence-corrected chi connectivity index (χ1v) is 9.12. The van der Waals surface area contributed by atoms with E-state index in [0.717, 1.165) is 13.1 Å². The molecule has 0 radical (unpaired) electrons. The molecule has 5 nitrogen and oxygen atoms in total. The van der Waals surface area contributed by atoms with Gasteiger partial charge in [-0.15, -0.1) is 12.4 Å². The van der Waals surface area contributed by atoms with Crippen LogP contribution in [0.25, 0.3) is 0 Å². The molecule has 146 valence electrons. The predicted molar refractivity (Wildman–Crippen MR) is 108 cm³/mol. The van der Waals surface area contributed by atoms with Gasteiger partial charge in [-0.2, -0.15) is 0 Å². The zero-order chi connectivity index (χ0) is 18.6. The van der Waals surface area contributed by atoms with Crippen molar-refractivity contribution in [2.45, 2.75) is 58.5 Å². The van der Waals surface area contributed by atoms with E-state index in [0.29, 0.717) is 24.6 Å². The maximum absolute atomic E-state index is 12.4. The molecule has 26 heavy (non-hydrogen) atoms. The molecule has 2 N–H and O–H groups in total. The third kappa shape index (κ3) is 5.71. The van der Waals surface area contributed by atoms with Crippen LogP contribution < -0.4 is 10.6 Å². The van der Waals surface area contributed by atoms with Crippen LogP contribution in [0, 0.1) is 0 Å². The zero-order valence-electron chi connectivity index (χ0n) is 16.5. The summed E-state index contributed by atoms with van der Waals surface area (Å²) in [6, 6.07) is 8.15. The largest absolute Gasteiger partial charge is 0.352 e. The zero-order valence-corrected chi connectivity index (χ0v) is 17.3. The number of amides is 2. The summed E-state index contributed by atoms with van der Waals surface area (Å²) in [4.78, 5) is 26.5. The summed E-state index contributed by atoms with van der Waals surface area (Å²) < 4.78 is 0. The molecule has 1 aliphatic heterocycles. The summed E-state index contributed by atoms with van der Waals surface area (Å²) in [6.45, 7) is 12.5. The Balaban J connectivity index is 0.00000338. The Hall–Kier alpha value is -1.59. The minimum atomic E-state index is -0.130. The number of carbonyl (C=O) groups excluding carboxylic acids is 2. The van der Waals surface area contributed by atoms with Gasteiger partial charge >= 0.3 is 0 Å². The highest BCUT2D eigenvalue weighted by Gasteiger charge is 2.27. The molecule has 0 aromatic heterocycles. The number of benzene rings is 1. The van der Waals surface area contributed by atoms with Gasteiger partial charge in [-0.3, -0.25) is 9.59 Å². The van der Waals surface area contributed by atoms with Crippen LogP contribution in [0.5, 0.6) is 0 Å². The van der Waals surface area contributed by atoms with Crippen LogP contribution in [0.2, 0.25) is 0 Å². The number of rotatable bonds is 4. The summed E-state index contributed by atoms with van der Waals surface area (Å²) >= 11 is 0. The molecular formula is C20H32ClN3O2. The van der Waals surface area contributed by atoms with Crippen molar-refractivity contribution in [3.63, 3.8) is 0 Å². The fourth-order valence-electron chi connectivity index (χ4n) is 3.06. The van der Waals surface area contributed by atoms with Crippen molar-refractivity contribution in [1.29, 1.82) is 0 Å². The summed E-state index contributed by atoms with van der Waals surface area (Å²) in [6.07, 6.45) is 0.336. The molecule has 2 unspecified atom stereocenters. The Kier molecular flexibility index (Phi) is 8.10. The minimum Gasteiger partial charge on any atom is -0.352 e. The van der Waals surface area contributed by atoms with Gasteiger partial charge in [-0.05, 0) is 37.0 Å². The van der Waals surface area contributed by atoms with Gasteiger partial charge in [0.25, 0.3) is 5.91 Å². The van der Waals surface area contributed by atoms with E-state index in [4.69, 9.17) is 0 Å². The van der Waals surface area contributed by atoms with E-state index in [1.165, 1.54) is 5.56 Å². The number of nitrogens with zero attached hydrogens (tertiary/aromatic N) is 1. The molecule has 0 spiro atoms. The lowest BCUT2D eigenvalue weighted by atomic mass is 9.87. The van der Waals surface area contributed by atoms with Crippen LogP contribution in [0.1, 0.15) is 57.0 Å². The van der Waals surface area contributed by atoms with Crippen molar-refractivity contribution in [1.82, 2.24) is 15.5 Å². The van der Waals surface area contributed by atoms with Crippen molar-refractivity contribution < 1.29 is 9.59 Å². The van der Waals surface area contributed by atoms with E-state index in [1.807, 2.05) is 29.2 Å². The van der Waals surface area contributed by atoms with Crippen LogP contribution in [0.3, 0.4) is 0 Å². The third-order valence-corrected chi connectivity index (χ3v) is 4.99. The van der Waals surface area contributed by atoms with Crippen molar-refractivity contribution in [2.75, 3.05) is 19.6 Å². The quantitative estimate of drug-likeness (QED) is 0.842. The Morgan fingerprint density at radius 3 is 2.38 bits per heavy atom. The van der Waals surface area contributed by atoms with Crippen molar-refractivity contribution in [3.05, 3.63) is 35.4 Å². The topological polar surface area (TPSA) is 61.4 Å². The maximum atomic E-state index is 12.4. The Labute approximate surface area is 163 Å². The van der Waals surface area contributed by atoms with Crippen LogP contribution >= 0.6 is 12.4 Å². The number of piperazine rings is 1. The normalized spacial score (nSPS) is 20.3. The molecule has 0 aliphatic carbocycles. The minimum absolute atomic E-state index is 0. The number of nitrogens with one attached hydrogen (secondary N) is 2. The lowest BCUT2D eigenvalue weighted by Crippen LogP contribution is -2.57. The van der Waals surface area contributed by atoms with Crippen LogP contribution in [-0.4, -0.2) is 48.4 Å². The highest BCUT2D eigenvalue weighted by Crippen LogP contribution is 2.22. The van der Waals surface area contributed by atoms with Crippen molar-refractivity contribution in [3.8, 4) is 0 Å². The van der Waals surface area contributed by atoms with Gasteiger partial charge in [0.05, 0.1) is 0 Å². The highest BCUT2D eigenvalue weighted by molar-refractivity contribution is 5.94. The second-order valence-electron chi connectivity index (χ2n) is 7.90. The lowest BCUT2D eigenvalue weighted by Gasteiger charge is -2.38. The summed E-state index contributed by atoms with van der Waals surface area (Å²) in [7, 11) is 0. The standard InChI is InChI=1S/C20H31N3O2.ClH/c1-14-15(2)23(13-12-21-14)18(24)10-11-22-19(25)16-6-8-17(9-7-16)20(3,4)5;/h6-9,14-15,21H,10-13H2,1-5H3,(H,22,25);1H. The molecule has 0 saturated carbocycles. The summed E-state index contributed by atoms with van der Waals surface area (Å²) in [5, 5.41) is 6.21. The molecule has 1 aromatic rings. The highest BCUT2D eigenvalue weighted by atomic mass is 35.5. The van der Waals surface area contributed by atoms with Gasteiger partial charge in [0.2, 0.25) is 5.91 Å². The van der Waals surface area contributed by atoms with Crippen LogP contribution in [-0.2, 0) is 10.2 Å². The second-order valence-corrected chi connectivity index (χ2v) is 7.90. The molecule has 1 aromatic carbocycles. The smallest absolute Gasteiger partial charge is 0.251 e. The Morgan fingerprint density at radius 2 is 1.81 bits per heavy atom. The molecular weight excluding hydrogens is 350 g/mol. The Bertz CT molecular complexity index is 610. The van der Waals surface area contributed by atoms with E-state index in [1.54, 1.807) is 0 Å². The van der Waals surface area contributed by atoms with Gasteiger partial charge in [-0.25, -0.2) is 0 Å². The fourth-order valence-corrected chi connectivity index (χ4v) is 3.06. The van der Waals surface area contributed by atoms with E-state index < -0.39 is 0 Å². The van der Waals surface area contributed by atoms with Crippen LogP contribution in [0.15, 0.2) is 24.3 Å². The number of halogens is 1. The van der Waals surface area contributed by atoms with Gasteiger partial charge in [0.1, 0.15) is 0 Å². The molecule has 0 bridgehead atoms. The number of hydrogen-bond donors (Lipinski definition) is 2.